The molecule has 0 bridgehead atoms. The minimum Gasteiger partial charge on any atom is -0.373 e. The molecule has 0 saturated heterocycles. The number of rotatable bonds is 2. The summed E-state index contributed by atoms with van der Waals surface area (Å²) in [4.78, 5) is 4.31. The van der Waals surface area contributed by atoms with Crippen molar-refractivity contribution in [3.05, 3.63) is 23.4 Å². The molecule has 0 amide bonds. The molecule has 1 N–H and O–H groups in total. The SMILES string of the molecule is CNc1ncc(C)cc1C(C)C. The van der Waals surface area contributed by atoms with E-state index in [1.54, 1.807) is 0 Å². The van der Waals surface area contributed by atoms with Crippen LogP contribution in [0.4, 0.5) is 5.82 Å². The molecule has 1 aromatic rings. The van der Waals surface area contributed by atoms with Crippen LogP contribution in [0, 0.1) is 6.92 Å². The maximum atomic E-state index is 4.31. The Hall–Kier alpha value is -1.05. The fourth-order valence-corrected chi connectivity index (χ4v) is 1.24. The van der Waals surface area contributed by atoms with Crippen molar-refractivity contribution < 1.29 is 0 Å². The zero-order chi connectivity index (χ0) is 9.14. The highest BCUT2D eigenvalue weighted by atomic mass is 15.0. The van der Waals surface area contributed by atoms with E-state index in [1.165, 1.54) is 11.1 Å². The summed E-state index contributed by atoms with van der Waals surface area (Å²) in [5, 5.41) is 3.09. The van der Waals surface area contributed by atoms with Gasteiger partial charge in [0.1, 0.15) is 5.82 Å². The number of aryl methyl sites for hydroxylation is 1. The monoisotopic (exact) mass is 164 g/mol. The lowest BCUT2D eigenvalue weighted by Crippen LogP contribution is -2.00. The maximum Gasteiger partial charge on any atom is 0.129 e. The second-order valence-corrected chi connectivity index (χ2v) is 3.36. The molecule has 0 spiro atoms. The number of hydrogen-bond acceptors (Lipinski definition) is 2. The standard InChI is InChI=1S/C10H16N2/c1-7(2)9-5-8(3)6-12-10(9)11-4/h5-7H,1-4H3,(H,11,12). The first-order valence-electron chi connectivity index (χ1n) is 4.29. The van der Waals surface area contributed by atoms with E-state index >= 15 is 0 Å². The molecule has 0 atom stereocenters. The van der Waals surface area contributed by atoms with E-state index < -0.39 is 0 Å². The van der Waals surface area contributed by atoms with Crippen molar-refractivity contribution in [3.63, 3.8) is 0 Å². The second kappa shape index (κ2) is 3.57. The van der Waals surface area contributed by atoms with Crippen molar-refractivity contribution in [2.45, 2.75) is 26.7 Å². The van der Waals surface area contributed by atoms with Crippen molar-refractivity contribution in [1.82, 2.24) is 4.98 Å². The Morgan fingerprint density at radius 1 is 1.42 bits per heavy atom. The first-order chi connectivity index (χ1) is 5.65. The van der Waals surface area contributed by atoms with Crippen LogP contribution in [0.1, 0.15) is 30.9 Å². The molecular formula is C10H16N2. The number of nitrogens with zero attached hydrogens (tertiary/aromatic N) is 1. The summed E-state index contributed by atoms with van der Waals surface area (Å²) < 4.78 is 0. The van der Waals surface area contributed by atoms with Crippen LogP contribution in [-0.2, 0) is 0 Å². The Morgan fingerprint density at radius 2 is 2.08 bits per heavy atom. The summed E-state index contributed by atoms with van der Waals surface area (Å²) in [6.07, 6.45) is 1.89. The van der Waals surface area contributed by atoms with Crippen LogP contribution in [0.3, 0.4) is 0 Å². The lowest BCUT2D eigenvalue weighted by molar-refractivity contribution is 0.858. The van der Waals surface area contributed by atoms with Gasteiger partial charge in [0, 0.05) is 13.2 Å². The van der Waals surface area contributed by atoms with Gasteiger partial charge in [-0.1, -0.05) is 19.9 Å². The highest BCUT2D eigenvalue weighted by molar-refractivity contribution is 5.46. The molecular weight excluding hydrogens is 148 g/mol. The van der Waals surface area contributed by atoms with E-state index in [-0.39, 0.29) is 0 Å². The third-order valence-electron chi connectivity index (χ3n) is 1.91. The zero-order valence-electron chi connectivity index (χ0n) is 8.18. The Bertz CT molecular complexity index is 267. The van der Waals surface area contributed by atoms with E-state index in [0.717, 1.165) is 5.82 Å². The van der Waals surface area contributed by atoms with Crippen molar-refractivity contribution in [2.24, 2.45) is 0 Å². The van der Waals surface area contributed by atoms with Gasteiger partial charge in [-0.3, -0.25) is 0 Å². The molecule has 1 rings (SSSR count). The van der Waals surface area contributed by atoms with Gasteiger partial charge in [0.25, 0.3) is 0 Å². The van der Waals surface area contributed by atoms with Crippen LogP contribution in [-0.4, -0.2) is 12.0 Å². The smallest absolute Gasteiger partial charge is 0.129 e. The first-order valence-corrected chi connectivity index (χ1v) is 4.29. The van der Waals surface area contributed by atoms with E-state index in [0.29, 0.717) is 5.92 Å². The summed E-state index contributed by atoms with van der Waals surface area (Å²) in [6.45, 7) is 6.42. The predicted octanol–water partition coefficient (Wildman–Crippen LogP) is 2.56. The lowest BCUT2D eigenvalue weighted by Gasteiger charge is -2.11. The largest absolute Gasteiger partial charge is 0.373 e. The topological polar surface area (TPSA) is 24.9 Å². The Morgan fingerprint density at radius 3 is 2.58 bits per heavy atom. The zero-order valence-corrected chi connectivity index (χ0v) is 8.18. The quantitative estimate of drug-likeness (QED) is 0.726. The molecule has 0 saturated carbocycles. The van der Waals surface area contributed by atoms with E-state index in [1.807, 2.05) is 13.2 Å². The van der Waals surface area contributed by atoms with Crippen molar-refractivity contribution >= 4 is 5.82 Å². The average Bonchev–Trinajstić information content (AvgIpc) is 2.04. The number of aromatic nitrogens is 1. The Labute approximate surface area is 74.0 Å². The fraction of sp³-hybridized carbons (Fsp3) is 0.500. The van der Waals surface area contributed by atoms with Gasteiger partial charge in [0.15, 0.2) is 0 Å². The van der Waals surface area contributed by atoms with Crippen molar-refractivity contribution in [3.8, 4) is 0 Å². The summed E-state index contributed by atoms with van der Waals surface area (Å²) in [5.74, 6) is 1.52. The number of nitrogens with one attached hydrogen (secondary N) is 1. The molecule has 0 aromatic carbocycles. The predicted molar refractivity (Wildman–Crippen MR) is 52.6 cm³/mol. The van der Waals surface area contributed by atoms with Crippen LogP contribution in [0.5, 0.6) is 0 Å². The maximum absolute atomic E-state index is 4.31. The molecule has 0 aliphatic heterocycles. The highest BCUT2D eigenvalue weighted by Crippen LogP contribution is 2.22. The molecule has 66 valence electrons. The lowest BCUT2D eigenvalue weighted by atomic mass is 10.0. The number of hydrogen-bond donors (Lipinski definition) is 1. The van der Waals surface area contributed by atoms with Gasteiger partial charge >= 0.3 is 0 Å². The molecule has 1 aromatic heterocycles. The van der Waals surface area contributed by atoms with E-state index in [4.69, 9.17) is 0 Å². The average molecular weight is 164 g/mol. The third-order valence-corrected chi connectivity index (χ3v) is 1.91. The van der Waals surface area contributed by atoms with Crippen LogP contribution >= 0.6 is 0 Å². The molecule has 0 aliphatic rings. The molecule has 0 radical (unpaired) electrons. The van der Waals surface area contributed by atoms with Gasteiger partial charge in [-0.15, -0.1) is 0 Å². The normalized spacial score (nSPS) is 10.4. The van der Waals surface area contributed by atoms with Crippen LogP contribution in [0.2, 0.25) is 0 Å². The Balaban J connectivity index is 3.12. The molecule has 0 unspecified atom stereocenters. The molecule has 1 heterocycles. The minimum absolute atomic E-state index is 0.528. The van der Waals surface area contributed by atoms with Gasteiger partial charge in [0.2, 0.25) is 0 Å². The third kappa shape index (κ3) is 1.76. The summed E-state index contributed by atoms with van der Waals surface area (Å²) in [7, 11) is 1.91. The van der Waals surface area contributed by atoms with Crippen molar-refractivity contribution in [1.29, 1.82) is 0 Å². The van der Waals surface area contributed by atoms with Gasteiger partial charge in [-0.05, 0) is 24.0 Å². The molecule has 2 nitrogen and oxygen atoms in total. The number of pyridine rings is 1. The number of anilines is 1. The second-order valence-electron chi connectivity index (χ2n) is 3.36. The molecule has 12 heavy (non-hydrogen) atoms. The van der Waals surface area contributed by atoms with Crippen molar-refractivity contribution in [2.75, 3.05) is 12.4 Å². The van der Waals surface area contributed by atoms with E-state index in [9.17, 15) is 0 Å². The van der Waals surface area contributed by atoms with Crippen LogP contribution < -0.4 is 5.32 Å². The Kier molecular flexibility index (Phi) is 2.69. The highest BCUT2D eigenvalue weighted by Gasteiger charge is 2.05. The van der Waals surface area contributed by atoms with Gasteiger partial charge < -0.3 is 5.32 Å². The molecule has 0 aliphatic carbocycles. The molecule has 2 heteroatoms. The van der Waals surface area contributed by atoms with Crippen LogP contribution in [0.25, 0.3) is 0 Å². The molecule has 0 fully saturated rings. The summed E-state index contributed by atoms with van der Waals surface area (Å²) in [5.41, 5.74) is 2.51. The van der Waals surface area contributed by atoms with Gasteiger partial charge in [-0.2, -0.15) is 0 Å². The van der Waals surface area contributed by atoms with Gasteiger partial charge in [-0.25, -0.2) is 4.98 Å². The minimum atomic E-state index is 0.528. The van der Waals surface area contributed by atoms with E-state index in [2.05, 4.69) is 37.1 Å². The van der Waals surface area contributed by atoms with Gasteiger partial charge in [0.05, 0.1) is 0 Å². The summed E-state index contributed by atoms with van der Waals surface area (Å²) in [6, 6.07) is 2.18. The van der Waals surface area contributed by atoms with Crippen LogP contribution in [0.15, 0.2) is 12.3 Å². The fourth-order valence-electron chi connectivity index (χ4n) is 1.24. The first kappa shape index (κ1) is 9.04. The summed E-state index contributed by atoms with van der Waals surface area (Å²) >= 11 is 0.